The van der Waals surface area contributed by atoms with Crippen molar-refractivity contribution in [2.24, 2.45) is 0 Å². The van der Waals surface area contributed by atoms with Gasteiger partial charge in [0, 0.05) is 16.4 Å². The molecule has 0 radical (unpaired) electrons. The lowest BCUT2D eigenvalue weighted by Crippen LogP contribution is -2.12. The Bertz CT molecular complexity index is 764. The zero-order valence-electron chi connectivity index (χ0n) is 10.6. The number of hydrogen-bond donors (Lipinski definition) is 1. The lowest BCUT2D eigenvalue weighted by atomic mass is 10.1. The van der Waals surface area contributed by atoms with E-state index >= 15 is 0 Å². The number of fused-ring (bicyclic) bond motifs is 1. The second kappa shape index (κ2) is 5.51. The maximum absolute atomic E-state index is 12.4. The molecule has 3 nitrogen and oxygen atoms in total. The molecule has 100 valence electrons. The Kier molecular flexibility index (Phi) is 3.56. The van der Waals surface area contributed by atoms with Gasteiger partial charge in [-0.05, 0) is 17.7 Å². The molecule has 0 aliphatic heterocycles. The van der Waals surface area contributed by atoms with Gasteiger partial charge in [0.05, 0.1) is 5.56 Å². The zero-order valence-corrected chi connectivity index (χ0v) is 12.2. The highest BCUT2D eigenvalue weighted by Gasteiger charge is 2.14. The molecule has 0 unspecified atom stereocenters. The Balaban J connectivity index is 1.93. The number of alkyl halides is 1. The van der Waals surface area contributed by atoms with Gasteiger partial charge in [0.2, 0.25) is 0 Å². The minimum absolute atomic E-state index is 0.164. The first-order valence-electron chi connectivity index (χ1n) is 6.21. The molecule has 1 amide bonds. The molecule has 1 aromatic heterocycles. The number of benzene rings is 2. The summed E-state index contributed by atoms with van der Waals surface area (Å²) in [4.78, 5) is 12.4. The number of nitrogens with one attached hydrogen (secondary N) is 1. The third-order valence-electron chi connectivity index (χ3n) is 3.14. The standard InChI is InChI=1S/C16H12BrNO2/c17-9-11-5-1-3-7-14(11)18-16(19)13-10-20-15-8-4-2-6-12(13)15/h1-8,10H,9H2,(H,18,19). The summed E-state index contributed by atoms with van der Waals surface area (Å²) >= 11 is 3.42. The number of carbonyl (C=O) groups excluding carboxylic acids is 1. The maximum Gasteiger partial charge on any atom is 0.259 e. The van der Waals surface area contributed by atoms with E-state index in [0.717, 1.165) is 16.6 Å². The normalized spacial score (nSPS) is 10.7. The van der Waals surface area contributed by atoms with E-state index in [-0.39, 0.29) is 5.91 Å². The van der Waals surface area contributed by atoms with E-state index in [9.17, 15) is 4.79 Å². The summed E-state index contributed by atoms with van der Waals surface area (Å²) in [5, 5.41) is 4.44. The van der Waals surface area contributed by atoms with Crippen LogP contribution in [0.3, 0.4) is 0 Å². The summed E-state index contributed by atoms with van der Waals surface area (Å²) < 4.78 is 5.39. The second-order valence-corrected chi connectivity index (χ2v) is 4.95. The van der Waals surface area contributed by atoms with Crippen molar-refractivity contribution < 1.29 is 9.21 Å². The van der Waals surface area contributed by atoms with E-state index in [1.54, 1.807) is 0 Å². The largest absolute Gasteiger partial charge is 0.463 e. The first-order chi connectivity index (χ1) is 9.79. The molecular weight excluding hydrogens is 318 g/mol. The minimum atomic E-state index is -0.164. The molecule has 0 saturated heterocycles. The van der Waals surface area contributed by atoms with Crippen LogP contribution >= 0.6 is 15.9 Å². The Morgan fingerprint density at radius 1 is 1.10 bits per heavy atom. The van der Waals surface area contributed by atoms with Crippen molar-refractivity contribution in [1.29, 1.82) is 0 Å². The summed E-state index contributed by atoms with van der Waals surface area (Å²) in [7, 11) is 0. The van der Waals surface area contributed by atoms with Crippen LogP contribution in [0.15, 0.2) is 59.2 Å². The number of rotatable bonds is 3. The van der Waals surface area contributed by atoms with E-state index in [4.69, 9.17) is 4.42 Å². The van der Waals surface area contributed by atoms with Crippen LogP contribution in [0, 0.1) is 0 Å². The van der Waals surface area contributed by atoms with Gasteiger partial charge in [0.1, 0.15) is 11.8 Å². The van der Waals surface area contributed by atoms with E-state index < -0.39 is 0 Å². The molecule has 0 saturated carbocycles. The molecule has 3 rings (SSSR count). The fourth-order valence-corrected chi connectivity index (χ4v) is 2.59. The number of furan rings is 1. The SMILES string of the molecule is O=C(Nc1ccccc1CBr)c1coc2ccccc12. The van der Waals surface area contributed by atoms with Gasteiger partial charge in [-0.15, -0.1) is 0 Å². The zero-order chi connectivity index (χ0) is 13.9. The summed E-state index contributed by atoms with van der Waals surface area (Å²) in [6, 6.07) is 15.2. The van der Waals surface area contributed by atoms with Gasteiger partial charge in [0.15, 0.2) is 0 Å². The molecule has 0 spiro atoms. The first-order valence-corrected chi connectivity index (χ1v) is 7.33. The molecule has 20 heavy (non-hydrogen) atoms. The van der Waals surface area contributed by atoms with Gasteiger partial charge in [-0.1, -0.05) is 52.3 Å². The van der Waals surface area contributed by atoms with Gasteiger partial charge < -0.3 is 9.73 Å². The Morgan fingerprint density at radius 3 is 2.70 bits per heavy atom. The quantitative estimate of drug-likeness (QED) is 0.714. The highest BCUT2D eigenvalue weighted by atomic mass is 79.9. The molecular formula is C16H12BrNO2. The molecule has 0 atom stereocenters. The van der Waals surface area contributed by atoms with Crippen molar-refractivity contribution in [3.63, 3.8) is 0 Å². The molecule has 0 fully saturated rings. The van der Waals surface area contributed by atoms with Crippen molar-refractivity contribution in [2.75, 3.05) is 5.32 Å². The van der Waals surface area contributed by atoms with E-state index in [0.29, 0.717) is 16.5 Å². The number of halogens is 1. The van der Waals surface area contributed by atoms with Crippen molar-refractivity contribution in [2.45, 2.75) is 5.33 Å². The first kappa shape index (κ1) is 12.9. The van der Waals surface area contributed by atoms with Crippen LogP contribution in [0.5, 0.6) is 0 Å². The van der Waals surface area contributed by atoms with Crippen LogP contribution in [0.2, 0.25) is 0 Å². The van der Waals surface area contributed by atoms with E-state index in [1.807, 2.05) is 48.5 Å². The molecule has 1 heterocycles. The van der Waals surface area contributed by atoms with Crippen LogP contribution in [0.25, 0.3) is 11.0 Å². The average molecular weight is 330 g/mol. The molecule has 0 aliphatic carbocycles. The summed E-state index contributed by atoms with van der Waals surface area (Å²) in [6.07, 6.45) is 1.50. The summed E-state index contributed by atoms with van der Waals surface area (Å²) in [5.41, 5.74) is 3.10. The topological polar surface area (TPSA) is 42.2 Å². The fourth-order valence-electron chi connectivity index (χ4n) is 2.10. The van der Waals surface area contributed by atoms with Crippen LogP contribution < -0.4 is 5.32 Å². The lowest BCUT2D eigenvalue weighted by Gasteiger charge is -2.08. The average Bonchev–Trinajstić information content (AvgIpc) is 2.92. The van der Waals surface area contributed by atoms with Crippen molar-refractivity contribution in [3.05, 3.63) is 65.9 Å². The van der Waals surface area contributed by atoms with Crippen LogP contribution in [0.1, 0.15) is 15.9 Å². The van der Waals surface area contributed by atoms with Crippen molar-refractivity contribution >= 4 is 38.5 Å². The monoisotopic (exact) mass is 329 g/mol. The van der Waals surface area contributed by atoms with Crippen LogP contribution in [0.4, 0.5) is 5.69 Å². The highest BCUT2D eigenvalue weighted by Crippen LogP contribution is 2.23. The Labute approximate surface area is 124 Å². The summed E-state index contributed by atoms with van der Waals surface area (Å²) in [5.74, 6) is -0.164. The molecule has 1 N–H and O–H groups in total. The number of hydrogen-bond acceptors (Lipinski definition) is 2. The predicted octanol–water partition coefficient (Wildman–Crippen LogP) is 4.58. The third-order valence-corrected chi connectivity index (χ3v) is 3.74. The maximum atomic E-state index is 12.4. The molecule has 0 bridgehead atoms. The van der Waals surface area contributed by atoms with Gasteiger partial charge in [-0.25, -0.2) is 0 Å². The van der Waals surface area contributed by atoms with Gasteiger partial charge in [0.25, 0.3) is 5.91 Å². The fraction of sp³-hybridized carbons (Fsp3) is 0.0625. The van der Waals surface area contributed by atoms with E-state index in [2.05, 4.69) is 21.2 Å². The number of para-hydroxylation sites is 2. The van der Waals surface area contributed by atoms with Crippen LogP contribution in [-0.2, 0) is 5.33 Å². The second-order valence-electron chi connectivity index (χ2n) is 4.39. The van der Waals surface area contributed by atoms with Crippen molar-refractivity contribution in [3.8, 4) is 0 Å². The number of anilines is 1. The van der Waals surface area contributed by atoms with Crippen molar-refractivity contribution in [1.82, 2.24) is 0 Å². The minimum Gasteiger partial charge on any atom is -0.463 e. The smallest absolute Gasteiger partial charge is 0.259 e. The number of carbonyl (C=O) groups is 1. The van der Waals surface area contributed by atoms with Crippen LogP contribution in [-0.4, -0.2) is 5.91 Å². The predicted molar refractivity (Wildman–Crippen MR) is 83.2 cm³/mol. The molecule has 4 heteroatoms. The van der Waals surface area contributed by atoms with E-state index in [1.165, 1.54) is 6.26 Å². The van der Waals surface area contributed by atoms with Gasteiger partial charge in [-0.3, -0.25) is 4.79 Å². The third kappa shape index (κ3) is 2.34. The van der Waals surface area contributed by atoms with Gasteiger partial charge >= 0.3 is 0 Å². The molecule has 0 aliphatic rings. The van der Waals surface area contributed by atoms with Gasteiger partial charge in [-0.2, -0.15) is 0 Å². The highest BCUT2D eigenvalue weighted by molar-refractivity contribution is 9.08. The molecule has 2 aromatic carbocycles. The summed E-state index contributed by atoms with van der Waals surface area (Å²) in [6.45, 7) is 0. The number of amides is 1. The molecule has 3 aromatic rings. The Hall–Kier alpha value is -2.07. The lowest BCUT2D eigenvalue weighted by molar-refractivity contribution is 0.102. The Morgan fingerprint density at radius 2 is 1.85 bits per heavy atom.